The van der Waals surface area contributed by atoms with Crippen molar-refractivity contribution in [2.45, 2.75) is 12.5 Å². The third-order valence-electron chi connectivity index (χ3n) is 5.25. The number of aryl methyl sites for hydroxylation is 1. The van der Waals surface area contributed by atoms with E-state index in [0.717, 1.165) is 12.5 Å². The Labute approximate surface area is 148 Å². The van der Waals surface area contributed by atoms with Gasteiger partial charge in [-0.3, -0.25) is 0 Å². The topological polar surface area (TPSA) is 27.7 Å². The smallest absolute Gasteiger partial charge is 0.377 e. The molecule has 0 atom stereocenters. The lowest BCUT2D eigenvalue weighted by atomic mass is 9.91. The van der Waals surface area contributed by atoms with Gasteiger partial charge in [0.05, 0.1) is 0 Å². The largest absolute Gasteiger partial charge is 0.500 e. The van der Waals surface area contributed by atoms with Crippen molar-refractivity contribution in [3.63, 3.8) is 0 Å². The Balaban J connectivity index is 1.85. The van der Waals surface area contributed by atoms with Gasteiger partial charge in [0.2, 0.25) is 0 Å². The first-order valence-corrected chi connectivity index (χ1v) is 10.5. The van der Waals surface area contributed by atoms with Crippen molar-refractivity contribution in [2.24, 2.45) is 0 Å². The number of hydrogen-bond donors (Lipinski definition) is 0. The summed E-state index contributed by atoms with van der Waals surface area (Å²) in [6.07, 6.45) is 0.871. The van der Waals surface area contributed by atoms with Crippen molar-refractivity contribution in [3.05, 3.63) is 60.2 Å². The van der Waals surface area contributed by atoms with Crippen LogP contribution in [0.5, 0.6) is 0 Å². The van der Waals surface area contributed by atoms with Crippen LogP contribution in [0.1, 0.15) is 5.56 Å². The summed E-state index contributed by atoms with van der Waals surface area (Å²) >= 11 is 0. The van der Waals surface area contributed by atoms with E-state index in [0.29, 0.717) is 0 Å². The second kappa shape index (κ2) is 6.39. The summed E-state index contributed by atoms with van der Waals surface area (Å²) in [4.78, 5) is 0. The molecule has 0 aliphatic heterocycles. The van der Waals surface area contributed by atoms with E-state index in [1.54, 1.807) is 21.3 Å². The van der Waals surface area contributed by atoms with Crippen LogP contribution in [0.25, 0.3) is 32.3 Å². The van der Waals surface area contributed by atoms with Crippen LogP contribution in [0.15, 0.2) is 54.6 Å². The van der Waals surface area contributed by atoms with E-state index >= 15 is 0 Å². The van der Waals surface area contributed by atoms with Crippen LogP contribution in [0, 0.1) is 0 Å². The first-order valence-electron chi connectivity index (χ1n) is 8.52. The SMILES string of the molecule is CO[Si](CCc1ccc2ccc3cccc4ccc1c2c34)(OC)OC. The van der Waals surface area contributed by atoms with Crippen molar-refractivity contribution in [2.75, 3.05) is 21.3 Å². The van der Waals surface area contributed by atoms with E-state index in [4.69, 9.17) is 13.3 Å². The average Bonchev–Trinajstić information content (AvgIpc) is 2.68. The molecule has 3 nitrogen and oxygen atoms in total. The summed E-state index contributed by atoms with van der Waals surface area (Å²) in [6, 6.07) is 20.6. The quantitative estimate of drug-likeness (QED) is 0.362. The molecule has 0 aliphatic rings. The van der Waals surface area contributed by atoms with Crippen molar-refractivity contribution in [3.8, 4) is 0 Å². The van der Waals surface area contributed by atoms with Gasteiger partial charge in [-0.15, -0.1) is 0 Å². The van der Waals surface area contributed by atoms with Crippen molar-refractivity contribution < 1.29 is 13.3 Å². The van der Waals surface area contributed by atoms with Gasteiger partial charge < -0.3 is 13.3 Å². The highest BCUT2D eigenvalue weighted by atomic mass is 28.4. The van der Waals surface area contributed by atoms with Gasteiger partial charge in [0, 0.05) is 27.4 Å². The minimum Gasteiger partial charge on any atom is -0.377 e. The molecule has 25 heavy (non-hydrogen) atoms. The van der Waals surface area contributed by atoms with Crippen LogP contribution in [-0.4, -0.2) is 30.1 Å². The minimum atomic E-state index is -2.57. The molecule has 0 saturated heterocycles. The molecule has 0 bridgehead atoms. The Morgan fingerprint density at radius 2 is 1.24 bits per heavy atom. The summed E-state index contributed by atoms with van der Waals surface area (Å²) in [5.41, 5.74) is 1.31. The molecule has 4 heteroatoms. The van der Waals surface area contributed by atoms with Crippen LogP contribution in [0.4, 0.5) is 0 Å². The Kier molecular flexibility index (Phi) is 4.21. The highest BCUT2D eigenvalue weighted by Crippen LogP contribution is 2.36. The molecule has 0 fully saturated rings. The highest BCUT2D eigenvalue weighted by molar-refractivity contribution is 6.60. The van der Waals surface area contributed by atoms with Crippen LogP contribution in [0.3, 0.4) is 0 Å². The lowest BCUT2D eigenvalue weighted by Gasteiger charge is -2.24. The molecule has 0 N–H and O–H groups in total. The summed E-state index contributed by atoms with van der Waals surface area (Å²) in [5, 5.41) is 7.90. The van der Waals surface area contributed by atoms with Gasteiger partial charge in [0.15, 0.2) is 0 Å². The van der Waals surface area contributed by atoms with Crippen LogP contribution in [-0.2, 0) is 19.7 Å². The Morgan fingerprint density at radius 3 is 1.88 bits per heavy atom. The molecule has 0 saturated carbocycles. The number of hydrogen-bond acceptors (Lipinski definition) is 3. The van der Waals surface area contributed by atoms with Crippen molar-refractivity contribution >= 4 is 41.1 Å². The summed E-state index contributed by atoms with van der Waals surface area (Å²) in [5.74, 6) is 0. The molecule has 0 unspecified atom stereocenters. The molecular weight excluding hydrogens is 328 g/mol. The molecule has 0 radical (unpaired) electrons. The molecule has 4 aromatic carbocycles. The van der Waals surface area contributed by atoms with Gasteiger partial charge in [-0.05, 0) is 44.3 Å². The third-order valence-corrected chi connectivity index (χ3v) is 7.98. The molecule has 0 spiro atoms. The Morgan fingerprint density at radius 1 is 0.680 bits per heavy atom. The van der Waals surface area contributed by atoms with Gasteiger partial charge in [0.25, 0.3) is 0 Å². The summed E-state index contributed by atoms with van der Waals surface area (Å²) in [7, 11) is 2.44. The van der Waals surface area contributed by atoms with E-state index in [2.05, 4.69) is 54.6 Å². The van der Waals surface area contributed by atoms with Crippen molar-refractivity contribution in [1.29, 1.82) is 0 Å². The Hall–Kier alpha value is -1.98. The number of rotatable bonds is 6. The van der Waals surface area contributed by atoms with E-state index in [1.165, 1.54) is 37.9 Å². The molecule has 4 aromatic rings. The fourth-order valence-electron chi connectivity index (χ4n) is 3.86. The van der Waals surface area contributed by atoms with Gasteiger partial charge in [-0.2, -0.15) is 0 Å². The van der Waals surface area contributed by atoms with Crippen LogP contribution >= 0.6 is 0 Å². The van der Waals surface area contributed by atoms with Gasteiger partial charge in [-0.1, -0.05) is 54.6 Å². The zero-order chi connectivity index (χ0) is 17.4. The second-order valence-corrected chi connectivity index (χ2v) is 9.47. The molecule has 0 heterocycles. The first kappa shape index (κ1) is 16.5. The van der Waals surface area contributed by atoms with Gasteiger partial charge >= 0.3 is 8.80 Å². The van der Waals surface area contributed by atoms with E-state index in [1.807, 2.05) is 0 Å². The maximum Gasteiger partial charge on any atom is 0.500 e. The predicted octanol–water partition coefficient (Wildman–Crippen LogP) is 5.00. The monoisotopic (exact) mass is 350 g/mol. The van der Waals surface area contributed by atoms with Crippen molar-refractivity contribution in [1.82, 2.24) is 0 Å². The van der Waals surface area contributed by atoms with Gasteiger partial charge in [-0.25, -0.2) is 0 Å². The summed E-state index contributed by atoms with van der Waals surface area (Å²) in [6.45, 7) is 0. The average molecular weight is 350 g/mol. The molecule has 0 aromatic heterocycles. The maximum absolute atomic E-state index is 5.58. The normalized spacial score (nSPS) is 12.6. The maximum atomic E-state index is 5.58. The minimum absolute atomic E-state index is 0.764. The lowest BCUT2D eigenvalue weighted by molar-refractivity contribution is 0.124. The van der Waals surface area contributed by atoms with Crippen LogP contribution in [0.2, 0.25) is 6.04 Å². The first-order chi connectivity index (χ1) is 12.2. The fraction of sp³-hybridized carbons (Fsp3) is 0.238. The van der Waals surface area contributed by atoms with E-state index in [9.17, 15) is 0 Å². The summed E-state index contributed by atoms with van der Waals surface area (Å²) < 4.78 is 16.7. The molecule has 0 aliphatic carbocycles. The Bertz CT molecular complexity index is 1000. The lowest BCUT2D eigenvalue weighted by Crippen LogP contribution is -2.43. The fourth-order valence-corrected chi connectivity index (χ4v) is 5.55. The van der Waals surface area contributed by atoms with Gasteiger partial charge in [0.1, 0.15) is 0 Å². The van der Waals surface area contributed by atoms with Crippen LogP contribution < -0.4 is 0 Å². The predicted molar refractivity (Wildman–Crippen MR) is 105 cm³/mol. The number of benzene rings is 4. The second-order valence-electron chi connectivity index (χ2n) is 6.38. The zero-order valence-electron chi connectivity index (χ0n) is 14.8. The highest BCUT2D eigenvalue weighted by Gasteiger charge is 2.37. The molecule has 4 rings (SSSR count). The van der Waals surface area contributed by atoms with E-state index < -0.39 is 8.80 Å². The zero-order valence-corrected chi connectivity index (χ0v) is 15.8. The standard InChI is InChI=1S/C21H22O3Si/c1-22-25(23-2,24-3)14-13-15-7-8-18-10-9-16-5-4-6-17-11-12-19(15)21(18)20(16)17/h4-12H,13-14H2,1-3H3. The third kappa shape index (κ3) is 2.62. The van der Waals surface area contributed by atoms with E-state index in [-0.39, 0.29) is 0 Å². The molecular formula is C21H22O3Si. The molecule has 128 valence electrons. The molecule has 0 amide bonds.